The predicted molar refractivity (Wildman–Crippen MR) is 53.7 cm³/mol. The molecule has 5 heteroatoms. The van der Waals surface area contributed by atoms with Gasteiger partial charge in [-0.25, -0.2) is 4.79 Å². The molecule has 1 heterocycles. The van der Waals surface area contributed by atoms with Crippen LogP contribution in [-0.4, -0.2) is 28.3 Å². The van der Waals surface area contributed by atoms with Gasteiger partial charge in [0.2, 0.25) is 5.76 Å². The Morgan fingerprint density at radius 2 is 2.20 bits per heavy atom. The lowest BCUT2D eigenvalue weighted by atomic mass is 10.1. The van der Waals surface area contributed by atoms with Crippen molar-refractivity contribution < 1.29 is 19.4 Å². The van der Waals surface area contributed by atoms with Gasteiger partial charge >= 0.3 is 5.97 Å². The molecule has 0 bridgehead atoms. The van der Waals surface area contributed by atoms with E-state index in [1.165, 1.54) is 6.07 Å². The Balaban J connectivity index is 2.41. The van der Waals surface area contributed by atoms with Crippen LogP contribution in [0.1, 0.15) is 30.2 Å². The molecule has 1 rings (SSSR count). The molecule has 0 aromatic carbocycles. The minimum Gasteiger partial charge on any atom is -0.475 e. The number of hydrogen-bond acceptors (Lipinski definition) is 4. The second-order valence-electron chi connectivity index (χ2n) is 3.99. The first-order chi connectivity index (χ1) is 6.88. The molecular formula is C10H15NO4. The fourth-order valence-electron chi connectivity index (χ4n) is 1.08. The first-order valence-corrected chi connectivity index (χ1v) is 4.63. The van der Waals surface area contributed by atoms with Crippen LogP contribution >= 0.6 is 0 Å². The van der Waals surface area contributed by atoms with Gasteiger partial charge in [-0.3, -0.25) is 0 Å². The van der Waals surface area contributed by atoms with Crippen molar-refractivity contribution in [3.63, 3.8) is 0 Å². The zero-order valence-electron chi connectivity index (χ0n) is 8.78. The molecule has 5 nitrogen and oxygen atoms in total. The van der Waals surface area contributed by atoms with Gasteiger partial charge in [-0.1, -0.05) is 0 Å². The van der Waals surface area contributed by atoms with Crippen LogP contribution in [-0.2, 0) is 6.54 Å². The van der Waals surface area contributed by atoms with Gasteiger partial charge in [0.25, 0.3) is 0 Å². The number of furan rings is 1. The first kappa shape index (κ1) is 11.7. The number of carboxylic acids is 1. The van der Waals surface area contributed by atoms with Gasteiger partial charge in [-0.05, 0) is 26.0 Å². The van der Waals surface area contributed by atoms with Crippen LogP contribution in [0, 0.1) is 0 Å². The van der Waals surface area contributed by atoms with Gasteiger partial charge in [-0.2, -0.15) is 0 Å². The van der Waals surface area contributed by atoms with Crippen LogP contribution in [0.3, 0.4) is 0 Å². The lowest BCUT2D eigenvalue weighted by molar-refractivity contribution is 0.0656. The minimum absolute atomic E-state index is 0.0740. The summed E-state index contributed by atoms with van der Waals surface area (Å²) in [5, 5.41) is 21.0. The molecule has 1 aromatic heterocycles. The molecule has 0 unspecified atom stereocenters. The highest BCUT2D eigenvalue weighted by atomic mass is 16.4. The second-order valence-corrected chi connectivity index (χ2v) is 3.99. The Hall–Kier alpha value is -1.33. The highest BCUT2D eigenvalue weighted by Gasteiger charge is 2.12. The third-order valence-electron chi connectivity index (χ3n) is 1.73. The van der Waals surface area contributed by atoms with E-state index in [1.807, 2.05) is 0 Å². The maximum absolute atomic E-state index is 10.5. The Morgan fingerprint density at radius 3 is 2.67 bits per heavy atom. The van der Waals surface area contributed by atoms with Crippen LogP contribution in [0.15, 0.2) is 16.5 Å². The van der Waals surface area contributed by atoms with E-state index in [0.29, 0.717) is 18.8 Å². The van der Waals surface area contributed by atoms with E-state index < -0.39 is 11.6 Å². The van der Waals surface area contributed by atoms with Crippen LogP contribution in [0.2, 0.25) is 0 Å². The average molecular weight is 213 g/mol. The van der Waals surface area contributed by atoms with Crippen molar-refractivity contribution in [3.8, 4) is 0 Å². The number of rotatable bonds is 5. The molecule has 84 valence electrons. The Kier molecular flexibility index (Phi) is 3.49. The molecule has 0 saturated heterocycles. The third kappa shape index (κ3) is 4.14. The van der Waals surface area contributed by atoms with E-state index >= 15 is 0 Å². The Morgan fingerprint density at radius 1 is 1.53 bits per heavy atom. The van der Waals surface area contributed by atoms with Crippen LogP contribution in [0.4, 0.5) is 0 Å². The number of carbonyl (C=O) groups is 1. The SMILES string of the molecule is CC(C)(O)CNCc1ccc(C(=O)O)o1. The lowest BCUT2D eigenvalue weighted by Gasteiger charge is -2.16. The van der Waals surface area contributed by atoms with Gasteiger partial charge in [-0.15, -0.1) is 0 Å². The van der Waals surface area contributed by atoms with Crippen molar-refractivity contribution in [3.05, 3.63) is 23.7 Å². The summed E-state index contributed by atoms with van der Waals surface area (Å²) in [6, 6.07) is 3.00. The molecule has 0 aliphatic rings. The van der Waals surface area contributed by atoms with Crippen molar-refractivity contribution in [2.45, 2.75) is 26.0 Å². The number of aromatic carboxylic acids is 1. The molecule has 0 radical (unpaired) electrons. The fourth-order valence-corrected chi connectivity index (χ4v) is 1.08. The maximum atomic E-state index is 10.5. The molecular weight excluding hydrogens is 198 g/mol. The van der Waals surface area contributed by atoms with Gasteiger partial charge in [0.05, 0.1) is 12.1 Å². The Labute approximate surface area is 87.7 Å². The largest absolute Gasteiger partial charge is 0.475 e. The van der Waals surface area contributed by atoms with E-state index in [2.05, 4.69) is 5.32 Å². The quantitative estimate of drug-likeness (QED) is 0.675. The average Bonchev–Trinajstić information content (AvgIpc) is 2.50. The molecule has 0 fully saturated rings. The summed E-state index contributed by atoms with van der Waals surface area (Å²) in [4.78, 5) is 10.5. The summed E-state index contributed by atoms with van der Waals surface area (Å²) in [5.74, 6) is -0.615. The number of aliphatic hydroxyl groups is 1. The molecule has 0 saturated carbocycles. The zero-order valence-corrected chi connectivity index (χ0v) is 8.78. The van der Waals surface area contributed by atoms with Crippen molar-refractivity contribution in [2.75, 3.05) is 6.54 Å². The van der Waals surface area contributed by atoms with Crippen molar-refractivity contribution >= 4 is 5.97 Å². The van der Waals surface area contributed by atoms with E-state index in [4.69, 9.17) is 9.52 Å². The first-order valence-electron chi connectivity index (χ1n) is 4.63. The molecule has 0 amide bonds. The van der Waals surface area contributed by atoms with E-state index in [-0.39, 0.29) is 5.76 Å². The molecule has 0 spiro atoms. The summed E-state index contributed by atoms with van der Waals surface area (Å²) >= 11 is 0. The molecule has 0 atom stereocenters. The highest BCUT2D eigenvalue weighted by Crippen LogP contribution is 2.07. The van der Waals surface area contributed by atoms with Crippen LogP contribution in [0.25, 0.3) is 0 Å². The second kappa shape index (κ2) is 4.46. The van der Waals surface area contributed by atoms with E-state index in [0.717, 1.165) is 0 Å². The van der Waals surface area contributed by atoms with Crippen LogP contribution < -0.4 is 5.32 Å². The lowest BCUT2D eigenvalue weighted by Crippen LogP contribution is -2.34. The normalized spacial score (nSPS) is 11.7. The summed E-state index contributed by atoms with van der Waals surface area (Å²) in [6.07, 6.45) is 0. The van der Waals surface area contributed by atoms with Gasteiger partial charge < -0.3 is 19.9 Å². The topological polar surface area (TPSA) is 82.7 Å². The molecule has 15 heavy (non-hydrogen) atoms. The summed E-state index contributed by atoms with van der Waals surface area (Å²) < 4.78 is 5.02. The smallest absolute Gasteiger partial charge is 0.371 e. The van der Waals surface area contributed by atoms with Crippen molar-refractivity contribution in [1.29, 1.82) is 0 Å². The number of nitrogens with one attached hydrogen (secondary N) is 1. The number of carboxylic acid groups (broad SMARTS) is 1. The molecule has 3 N–H and O–H groups in total. The molecule has 0 aliphatic heterocycles. The summed E-state index contributed by atoms with van der Waals surface area (Å²) in [7, 11) is 0. The number of hydrogen-bond donors (Lipinski definition) is 3. The summed E-state index contributed by atoms with van der Waals surface area (Å²) in [6.45, 7) is 4.18. The molecule has 0 aliphatic carbocycles. The van der Waals surface area contributed by atoms with Gasteiger partial charge in [0, 0.05) is 6.54 Å². The van der Waals surface area contributed by atoms with E-state index in [9.17, 15) is 9.90 Å². The Bertz CT molecular complexity index is 337. The third-order valence-corrected chi connectivity index (χ3v) is 1.73. The van der Waals surface area contributed by atoms with Gasteiger partial charge in [0.1, 0.15) is 5.76 Å². The van der Waals surface area contributed by atoms with Crippen LogP contribution in [0.5, 0.6) is 0 Å². The predicted octanol–water partition coefficient (Wildman–Crippen LogP) is 0.838. The monoisotopic (exact) mass is 213 g/mol. The fraction of sp³-hybridized carbons (Fsp3) is 0.500. The standard InChI is InChI=1S/C10H15NO4/c1-10(2,14)6-11-5-7-3-4-8(15-7)9(12)13/h3-4,11,14H,5-6H2,1-2H3,(H,12,13). The summed E-state index contributed by atoms with van der Waals surface area (Å²) in [5.41, 5.74) is -0.789. The maximum Gasteiger partial charge on any atom is 0.371 e. The minimum atomic E-state index is -1.08. The van der Waals surface area contributed by atoms with Gasteiger partial charge in [0.15, 0.2) is 0 Å². The van der Waals surface area contributed by atoms with E-state index in [1.54, 1.807) is 19.9 Å². The van der Waals surface area contributed by atoms with Crippen molar-refractivity contribution in [1.82, 2.24) is 5.32 Å². The highest BCUT2D eigenvalue weighted by molar-refractivity contribution is 5.84. The van der Waals surface area contributed by atoms with Crippen molar-refractivity contribution in [2.24, 2.45) is 0 Å². The molecule has 1 aromatic rings. The zero-order chi connectivity index (χ0) is 11.5.